The number of likely N-dealkylation sites (N-methyl/N-ethyl adjacent to an activating group) is 1. The summed E-state index contributed by atoms with van der Waals surface area (Å²) in [6, 6.07) is 6.59. The largest absolute Gasteiger partial charge is 0.507 e. The van der Waals surface area contributed by atoms with Crippen LogP contribution >= 0.6 is 0 Å². The zero-order valence-electron chi connectivity index (χ0n) is 24.1. The number of amides is 1. The molecule has 2 unspecified atom stereocenters. The molecule has 2 aromatic carbocycles. The van der Waals surface area contributed by atoms with Crippen LogP contribution in [0.5, 0.6) is 5.75 Å². The minimum absolute atomic E-state index is 0.0260. The molecule has 4 N–H and O–H groups in total. The first-order valence-electron chi connectivity index (χ1n) is 14.7. The zero-order valence-corrected chi connectivity index (χ0v) is 24.1. The average molecular weight is 576 g/mol. The summed E-state index contributed by atoms with van der Waals surface area (Å²) >= 11 is 0. The highest BCUT2D eigenvalue weighted by atomic mass is 16.3. The summed E-state index contributed by atoms with van der Waals surface area (Å²) < 4.78 is 0. The first-order chi connectivity index (χ1) is 19.8. The second kappa shape index (κ2) is 10.1. The number of carbonyl (C=O) groups is 5. The molecule has 0 radical (unpaired) electrons. The van der Waals surface area contributed by atoms with E-state index in [1.165, 1.54) is 4.90 Å². The second-order valence-corrected chi connectivity index (χ2v) is 13.1. The Labute approximate surface area is 243 Å². The zero-order chi connectivity index (χ0) is 30.2. The Morgan fingerprint density at radius 3 is 2.43 bits per heavy atom. The Morgan fingerprint density at radius 1 is 1.10 bits per heavy atom. The highest BCUT2D eigenvalue weighted by Crippen LogP contribution is 2.51. The molecule has 0 spiro atoms. The number of likely N-dealkylation sites (tertiary alicyclic amines) is 1. The molecule has 1 amide bonds. The summed E-state index contributed by atoms with van der Waals surface area (Å²) in [4.78, 5) is 70.6. The second-order valence-electron chi connectivity index (χ2n) is 13.1. The van der Waals surface area contributed by atoms with Gasteiger partial charge in [-0.05, 0) is 87.3 Å². The molecule has 2 aromatic rings. The van der Waals surface area contributed by atoms with Crippen molar-refractivity contribution in [3.63, 3.8) is 0 Å². The van der Waals surface area contributed by atoms with E-state index >= 15 is 0 Å². The van der Waals surface area contributed by atoms with Crippen molar-refractivity contribution < 1.29 is 34.2 Å². The standard InChI is InChI=1S/C32H37N3O7/c1-15-6-8-35(9-7-15)14-16-4-5-17-11-18-12-19-13-21-25(34(2)3)28(38)24(31(33)41)30(40)32(21,42)29(39)23(19)27(37)22(18)26(36)20(17)10-16/h4-5,10-11,15,19,21,23-25,36,42H,6-9,12-14H2,1-3H3,(H2,33,41)/t19-,21-,23?,24?,25-,32-/m0/s1. The maximum absolute atomic E-state index is 14.0. The highest BCUT2D eigenvalue weighted by Gasteiger charge is 2.69. The monoisotopic (exact) mass is 575 g/mol. The summed E-state index contributed by atoms with van der Waals surface area (Å²) in [6.07, 6.45) is 2.56. The van der Waals surface area contributed by atoms with Gasteiger partial charge >= 0.3 is 0 Å². The summed E-state index contributed by atoms with van der Waals surface area (Å²) in [5.74, 6) is -9.54. The van der Waals surface area contributed by atoms with Crippen LogP contribution in [-0.2, 0) is 32.1 Å². The summed E-state index contributed by atoms with van der Waals surface area (Å²) in [6.45, 7) is 4.98. The molecule has 1 heterocycles. The van der Waals surface area contributed by atoms with Crippen LogP contribution in [0.3, 0.4) is 0 Å². The molecule has 0 bridgehead atoms. The molecule has 10 nitrogen and oxygen atoms in total. The fourth-order valence-electron chi connectivity index (χ4n) is 8.00. The van der Waals surface area contributed by atoms with Crippen molar-refractivity contribution in [2.24, 2.45) is 35.3 Å². The molecule has 42 heavy (non-hydrogen) atoms. The number of piperidine rings is 1. The molecule has 3 aliphatic carbocycles. The van der Waals surface area contributed by atoms with Crippen LogP contribution in [0.15, 0.2) is 24.3 Å². The first kappa shape index (κ1) is 28.6. The topological polar surface area (TPSA) is 158 Å². The number of benzene rings is 2. The third-order valence-electron chi connectivity index (χ3n) is 10.2. The van der Waals surface area contributed by atoms with Crippen LogP contribution < -0.4 is 5.73 Å². The van der Waals surface area contributed by atoms with Gasteiger partial charge in [-0.25, -0.2) is 0 Å². The Balaban J connectivity index is 1.39. The van der Waals surface area contributed by atoms with Gasteiger partial charge in [-0.15, -0.1) is 0 Å². The number of phenolic OH excluding ortho intramolecular Hbond substituents is 1. The van der Waals surface area contributed by atoms with Gasteiger partial charge in [0.25, 0.3) is 0 Å². The van der Waals surface area contributed by atoms with E-state index in [2.05, 4.69) is 11.8 Å². The number of primary amides is 1. The van der Waals surface area contributed by atoms with E-state index in [1.54, 1.807) is 14.1 Å². The molecule has 2 saturated carbocycles. The molecule has 10 heteroatoms. The van der Waals surface area contributed by atoms with Gasteiger partial charge in [-0.2, -0.15) is 0 Å². The number of nitrogens with zero attached hydrogens (tertiary/aromatic N) is 2. The van der Waals surface area contributed by atoms with Gasteiger partial charge in [-0.3, -0.25) is 33.8 Å². The fourth-order valence-corrected chi connectivity index (χ4v) is 8.00. The minimum atomic E-state index is -2.72. The van der Waals surface area contributed by atoms with Gasteiger partial charge in [-0.1, -0.05) is 25.1 Å². The van der Waals surface area contributed by atoms with Gasteiger partial charge in [0.05, 0.1) is 17.5 Å². The molecule has 4 aliphatic rings. The lowest BCUT2D eigenvalue weighted by atomic mass is 9.52. The van der Waals surface area contributed by atoms with Crippen molar-refractivity contribution in [1.29, 1.82) is 0 Å². The van der Waals surface area contributed by atoms with Gasteiger partial charge in [0.15, 0.2) is 34.7 Å². The Bertz CT molecular complexity index is 1540. The van der Waals surface area contributed by atoms with Gasteiger partial charge < -0.3 is 15.9 Å². The van der Waals surface area contributed by atoms with Gasteiger partial charge in [0.1, 0.15) is 5.75 Å². The van der Waals surface area contributed by atoms with E-state index in [1.807, 2.05) is 24.3 Å². The van der Waals surface area contributed by atoms with Crippen molar-refractivity contribution in [1.82, 2.24) is 9.80 Å². The maximum Gasteiger partial charge on any atom is 0.235 e. The Hall–Kier alpha value is -3.47. The van der Waals surface area contributed by atoms with Crippen LogP contribution in [0, 0.1) is 29.6 Å². The number of rotatable bonds is 4. The number of carbonyl (C=O) groups excluding carboxylic acids is 5. The number of hydrogen-bond donors (Lipinski definition) is 3. The molecule has 3 fully saturated rings. The van der Waals surface area contributed by atoms with E-state index in [4.69, 9.17) is 5.73 Å². The molecule has 222 valence electrons. The Morgan fingerprint density at radius 2 is 1.79 bits per heavy atom. The number of Topliss-reactive ketones (excluding diaryl/α,β-unsaturated/α-hetero) is 4. The van der Waals surface area contributed by atoms with E-state index in [-0.39, 0.29) is 24.2 Å². The van der Waals surface area contributed by atoms with Crippen LogP contribution in [-0.4, -0.2) is 87.9 Å². The summed E-state index contributed by atoms with van der Waals surface area (Å²) in [7, 11) is 3.14. The SMILES string of the molecule is CC1CCN(Cc2ccc3cc4c(c(O)c3c2)C(=O)C2C(=O)[C@]3(O)C(=O)C(C(N)=O)C(=O)[C@@H](N(C)C)[C@@H]3C[C@@H]2C4)CC1. The first-order valence-corrected chi connectivity index (χ1v) is 14.7. The smallest absolute Gasteiger partial charge is 0.235 e. The minimum Gasteiger partial charge on any atom is -0.507 e. The number of aliphatic hydroxyl groups is 1. The van der Waals surface area contributed by atoms with Gasteiger partial charge in [0.2, 0.25) is 5.91 Å². The highest BCUT2D eigenvalue weighted by molar-refractivity contribution is 6.32. The van der Waals surface area contributed by atoms with Crippen LogP contribution in [0.1, 0.15) is 47.7 Å². The number of ketones is 4. The van der Waals surface area contributed by atoms with Crippen molar-refractivity contribution in [2.45, 2.75) is 50.8 Å². The molecule has 6 atom stereocenters. The Kier molecular flexibility index (Phi) is 6.87. The molecule has 0 aromatic heterocycles. The number of aromatic hydroxyl groups is 1. The lowest BCUT2D eigenvalue weighted by Crippen LogP contribution is -2.74. The summed E-state index contributed by atoms with van der Waals surface area (Å²) in [5, 5.41) is 24.4. The van der Waals surface area contributed by atoms with Crippen LogP contribution in [0.4, 0.5) is 0 Å². The molecular weight excluding hydrogens is 538 g/mol. The predicted octanol–water partition coefficient (Wildman–Crippen LogP) is 1.25. The molecule has 1 saturated heterocycles. The fraction of sp³-hybridized carbons (Fsp3) is 0.531. The quantitative estimate of drug-likeness (QED) is 0.456. The average Bonchev–Trinajstić information content (AvgIpc) is 2.92. The predicted molar refractivity (Wildman–Crippen MR) is 153 cm³/mol. The third kappa shape index (κ3) is 4.14. The lowest BCUT2D eigenvalue weighted by Gasteiger charge is -2.52. The van der Waals surface area contributed by atoms with Crippen LogP contribution in [0.2, 0.25) is 0 Å². The number of nitrogens with two attached hydrogens (primary N) is 1. The van der Waals surface area contributed by atoms with E-state index in [0.29, 0.717) is 16.9 Å². The van der Waals surface area contributed by atoms with Gasteiger partial charge in [0, 0.05) is 17.8 Å². The lowest BCUT2D eigenvalue weighted by molar-refractivity contribution is -0.181. The van der Waals surface area contributed by atoms with Crippen molar-refractivity contribution >= 4 is 39.8 Å². The number of fused-ring (bicyclic) bond motifs is 4. The molecule has 1 aliphatic heterocycles. The van der Waals surface area contributed by atoms with Crippen LogP contribution in [0.25, 0.3) is 10.8 Å². The number of phenols is 1. The number of hydrogen-bond acceptors (Lipinski definition) is 9. The third-order valence-corrected chi connectivity index (χ3v) is 10.2. The van der Waals surface area contributed by atoms with Crippen molar-refractivity contribution in [3.8, 4) is 5.75 Å². The van der Waals surface area contributed by atoms with E-state index < -0.39 is 64.4 Å². The van der Waals surface area contributed by atoms with E-state index in [0.717, 1.165) is 43.4 Å². The molecule has 6 rings (SSSR count). The summed E-state index contributed by atoms with van der Waals surface area (Å²) in [5.41, 5.74) is 4.28. The van der Waals surface area contributed by atoms with Crippen molar-refractivity contribution in [3.05, 3.63) is 41.0 Å². The van der Waals surface area contributed by atoms with Crippen molar-refractivity contribution in [2.75, 3.05) is 27.2 Å². The normalized spacial score (nSPS) is 32.2. The van der Waals surface area contributed by atoms with E-state index in [9.17, 15) is 34.2 Å². The molecular formula is C32H37N3O7. The maximum atomic E-state index is 14.0.